The monoisotopic (exact) mass is 245 g/mol. The first kappa shape index (κ1) is 11.0. The molecule has 1 heterocycles. The molecule has 16 heavy (non-hydrogen) atoms. The summed E-state index contributed by atoms with van der Waals surface area (Å²) in [6.45, 7) is 0.284. The minimum atomic E-state index is -0.778. The van der Waals surface area contributed by atoms with Crippen LogP contribution in [-0.2, 0) is 4.74 Å². The third kappa shape index (κ3) is 1.90. The Labute approximate surface area is 96.2 Å². The molecule has 0 aromatic heterocycles. The molecule has 1 unspecified atom stereocenters. The molecule has 6 heteroatoms. The zero-order valence-electron chi connectivity index (χ0n) is 8.19. The average molecular weight is 246 g/mol. The Hall–Kier alpha value is -1.49. The van der Waals surface area contributed by atoms with Gasteiger partial charge >= 0.3 is 6.09 Å². The molecule has 86 valence electrons. The number of rotatable bonds is 2. The van der Waals surface area contributed by atoms with Crippen LogP contribution in [-0.4, -0.2) is 29.7 Å². The zero-order valence-corrected chi connectivity index (χ0v) is 8.95. The van der Waals surface area contributed by atoms with Crippen LogP contribution in [0.3, 0.4) is 0 Å². The predicted molar refractivity (Wildman–Crippen MR) is 56.4 cm³/mol. The molecule has 1 amide bonds. The number of benzene rings is 1. The summed E-state index contributed by atoms with van der Waals surface area (Å²) in [7, 11) is 0. The minimum absolute atomic E-state index is 0.197. The number of hydrogen-bond donors (Lipinski definition) is 1. The standard InChI is InChI=1S/C10H9ClFNO3/c11-4-7-5-13(10(15)16-7)6-1-2-9(14)8(12)3-6/h1-3,7,14H,4-5H2. The number of carbonyl (C=O) groups is 1. The van der Waals surface area contributed by atoms with E-state index in [1.807, 2.05) is 0 Å². The van der Waals surface area contributed by atoms with Crippen molar-refractivity contribution < 1.29 is 19.0 Å². The number of nitrogens with zero attached hydrogens (tertiary/aromatic N) is 1. The van der Waals surface area contributed by atoms with E-state index < -0.39 is 17.7 Å². The van der Waals surface area contributed by atoms with Crippen LogP contribution in [0.15, 0.2) is 18.2 Å². The molecule has 0 saturated carbocycles. The van der Waals surface area contributed by atoms with Crippen molar-refractivity contribution in [3.63, 3.8) is 0 Å². The van der Waals surface area contributed by atoms with Crippen LogP contribution in [0.4, 0.5) is 14.9 Å². The minimum Gasteiger partial charge on any atom is -0.505 e. The second kappa shape index (κ2) is 4.17. The van der Waals surface area contributed by atoms with E-state index >= 15 is 0 Å². The van der Waals surface area contributed by atoms with E-state index in [4.69, 9.17) is 21.4 Å². The highest BCUT2D eigenvalue weighted by molar-refractivity contribution is 6.18. The molecule has 1 aromatic rings. The quantitative estimate of drug-likeness (QED) is 0.812. The van der Waals surface area contributed by atoms with Gasteiger partial charge in [0.05, 0.1) is 18.1 Å². The first-order valence-electron chi connectivity index (χ1n) is 4.64. The highest BCUT2D eigenvalue weighted by atomic mass is 35.5. The third-order valence-electron chi connectivity index (χ3n) is 2.29. The molecule has 1 fully saturated rings. The molecule has 0 radical (unpaired) electrons. The smallest absolute Gasteiger partial charge is 0.414 e. The summed E-state index contributed by atoms with van der Waals surface area (Å²) >= 11 is 5.56. The van der Waals surface area contributed by atoms with Gasteiger partial charge in [0, 0.05) is 6.07 Å². The SMILES string of the molecule is O=C1OC(CCl)CN1c1ccc(O)c(F)c1. The number of cyclic esters (lactones) is 1. The van der Waals surface area contributed by atoms with Crippen LogP contribution in [0.2, 0.25) is 0 Å². The number of carbonyl (C=O) groups excluding carboxylic acids is 1. The Balaban J connectivity index is 2.24. The van der Waals surface area contributed by atoms with E-state index in [1.54, 1.807) is 0 Å². The lowest BCUT2D eigenvalue weighted by Crippen LogP contribution is -2.24. The summed E-state index contributed by atoms with van der Waals surface area (Å²) in [6, 6.07) is 3.70. The number of aromatic hydroxyl groups is 1. The first-order valence-corrected chi connectivity index (χ1v) is 5.18. The average Bonchev–Trinajstić information content (AvgIpc) is 2.64. The molecular formula is C10H9ClFNO3. The van der Waals surface area contributed by atoms with Crippen LogP contribution < -0.4 is 4.90 Å². The van der Waals surface area contributed by atoms with Gasteiger partial charge in [-0.05, 0) is 12.1 Å². The van der Waals surface area contributed by atoms with Crippen LogP contribution >= 0.6 is 11.6 Å². The van der Waals surface area contributed by atoms with E-state index in [0.29, 0.717) is 5.69 Å². The van der Waals surface area contributed by atoms with Crippen molar-refractivity contribution in [2.45, 2.75) is 6.10 Å². The van der Waals surface area contributed by atoms with Crippen molar-refractivity contribution in [3.8, 4) is 5.75 Å². The van der Waals surface area contributed by atoms with Gasteiger partial charge in [-0.15, -0.1) is 11.6 Å². The van der Waals surface area contributed by atoms with E-state index in [0.717, 1.165) is 6.07 Å². The van der Waals surface area contributed by atoms with Crippen LogP contribution in [0.25, 0.3) is 0 Å². The lowest BCUT2D eigenvalue weighted by molar-refractivity contribution is 0.151. The second-order valence-electron chi connectivity index (χ2n) is 3.41. The highest BCUT2D eigenvalue weighted by Gasteiger charge is 2.31. The highest BCUT2D eigenvalue weighted by Crippen LogP contribution is 2.26. The van der Waals surface area contributed by atoms with Gasteiger partial charge in [0.2, 0.25) is 0 Å². The van der Waals surface area contributed by atoms with E-state index in [2.05, 4.69) is 0 Å². The Kier molecular flexibility index (Phi) is 2.87. The molecule has 0 spiro atoms. The third-order valence-corrected chi connectivity index (χ3v) is 2.63. The second-order valence-corrected chi connectivity index (χ2v) is 3.71. The summed E-state index contributed by atoms with van der Waals surface area (Å²) < 4.78 is 18.0. The van der Waals surface area contributed by atoms with Crippen molar-refractivity contribution >= 4 is 23.4 Å². The summed E-state index contributed by atoms with van der Waals surface area (Å²) in [5.41, 5.74) is 0.341. The van der Waals surface area contributed by atoms with Gasteiger partial charge < -0.3 is 9.84 Å². The van der Waals surface area contributed by atoms with Crippen LogP contribution in [0, 0.1) is 5.82 Å². The van der Waals surface area contributed by atoms with Crippen molar-refractivity contribution in [3.05, 3.63) is 24.0 Å². The normalized spacial score (nSPS) is 20.0. The van der Waals surface area contributed by atoms with Crippen molar-refractivity contribution in [1.82, 2.24) is 0 Å². The molecule has 1 aromatic carbocycles. The van der Waals surface area contributed by atoms with Gasteiger partial charge in [0.15, 0.2) is 11.6 Å². The molecule has 4 nitrogen and oxygen atoms in total. The van der Waals surface area contributed by atoms with E-state index in [1.165, 1.54) is 17.0 Å². The number of hydrogen-bond acceptors (Lipinski definition) is 3. The fourth-order valence-electron chi connectivity index (χ4n) is 1.48. The van der Waals surface area contributed by atoms with Crippen molar-refractivity contribution in [2.24, 2.45) is 0 Å². The molecule has 1 aliphatic rings. The molecule has 1 N–H and O–H groups in total. The summed E-state index contributed by atoms with van der Waals surface area (Å²) in [5, 5.41) is 9.02. The van der Waals surface area contributed by atoms with Gasteiger partial charge in [-0.1, -0.05) is 0 Å². The Morgan fingerprint density at radius 2 is 2.38 bits per heavy atom. The number of phenolic OH excluding ortho intramolecular Hbond substituents is 1. The Bertz CT molecular complexity index is 427. The molecule has 0 aliphatic carbocycles. The number of halogens is 2. The van der Waals surface area contributed by atoms with Gasteiger partial charge in [0.25, 0.3) is 0 Å². The number of anilines is 1. The summed E-state index contributed by atoms with van der Waals surface area (Å²) in [5.74, 6) is -1.03. The van der Waals surface area contributed by atoms with Gasteiger partial charge in [-0.2, -0.15) is 0 Å². The van der Waals surface area contributed by atoms with E-state index in [9.17, 15) is 9.18 Å². The molecule has 1 aliphatic heterocycles. The lowest BCUT2D eigenvalue weighted by Gasteiger charge is -2.12. The summed E-state index contributed by atoms with van der Waals surface area (Å²) in [6.07, 6.45) is -0.943. The maximum Gasteiger partial charge on any atom is 0.414 e. The molecule has 2 rings (SSSR count). The van der Waals surface area contributed by atoms with Crippen LogP contribution in [0.5, 0.6) is 5.75 Å². The predicted octanol–water partition coefficient (Wildman–Crippen LogP) is 2.10. The van der Waals surface area contributed by atoms with Crippen LogP contribution in [0.1, 0.15) is 0 Å². The van der Waals surface area contributed by atoms with Gasteiger partial charge in [-0.25, -0.2) is 9.18 Å². The van der Waals surface area contributed by atoms with Crippen molar-refractivity contribution in [2.75, 3.05) is 17.3 Å². The first-order chi connectivity index (χ1) is 7.61. The maximum absolute atomic E-state index is 13.1. The van der Waals surface area contributed by atoms with E-state index in [-0.39, 0.29) is 18.5 Å². The zero-order chi connectivity index (χ0) is 11.7. The molecule has 1 atom stereocenters. The van der Waals surface area contributed by atoms with Crippen molar-refractivity contribution in [1.29, 1.82) is 0 Å². The maximum atomic E-state index is 13.1. The Morgan fingerprint density at radius 1 is 1.62 bits per heavy atom. The number of amides is 1. The largest absolute Gasteiger partial charge is 0.505 e. The number of phenols is 1. The molecule has 1 saturated heterocycles. The Morgan fingerprint density at radius 3 is 2.94 bits per heavy atom. The lowest BCUT2D eigenvalue weighted by atomic mass is 10.2. The fourth-order valence-corrected chi connectivity index (χ4v) is 1.64. The molecular weight excluding hydrogens is 237 g/mol. The topological polar surface area (TPSA) is 49.8 Å². The fraction of sp³-hybridized carbons (Fsp3) is 0.300. The molecule has 0 bridgehead atoms. The van der Waals surface area contributed by atoms with Gasteiger partial charge in [0.1, 0.15) is 6.10 Å². The van der Waals surface area contributed by atoms with Gasteiger partial charge in [-0.3, -0.25) is 4.90 Å². The number of ether oxygens (including phenoxy) is 1. The number of alkyl halides is 1. The summed E-state index contributed by atoms with van der Waals surface area (Å²) in [4.78, 5) is 12.7.